The molecule has 0 bridgehead atoms. The molecule has 1 unspecified atom stereocenters. The fourth-order valence-corrected chi connectivity index (χ4v) is 3.56. The topological polar surface area (TPSA) is 102 Å². The second-order valence-corrected chi connectivity index (χ2v) is 7.90. The van der Waals surface area contributed by atoms with E-state index in [4.69, 9.17) is 9.47 Å². The number of carbonyl (C=O) groups excluding carboxylic acids is 1. The molecule has 2 aromatic heterocycles. The molecule has 4 rings (SSSR count). The van der Waals surface area contributed by atoms with Crippen LogP contribution in [-0.4, -0.2) is 38.7 Å². The Morgan fingerprint density at radius 3 is 2.63 bits per heavy atom. The van der Waals surface area contributed by atoms with Gasteiger partial charge in [-0.25, -0.2) is 14.7 Å². The molecule has 2 atom stereocenters. The van der Waals surface area contributed by atoms with E-state index in [-0.39, 0.29) is 42.1 Å². The number of alkyl halides is 3. The van der Waals surface area contributed by atoms with E-state index in [0.29, 0.717) is 12.2 Å². The van der Waals surface area contributed by atoms with Crippen LogP contribution < -0.4 is 15.0 Å². The van der Waals surface area contributed by atoms with Crippen LogP contribution in [0.3, 0.4) is 0 Å². The second kappa shape index (κ2) is 9.72. The summed E-state index contributed by atoms with van der Waals surface area (Å²) in [6, 6.07) is 8.74. The summed E-state index contributed by atoms with van der Waals surface area (Å²) in [7, 11) is 0. The van der Waals surface area contributed by atoms with E-state index in [1.54, 1.807) is 31.2 Å². The van der Waals surface area contributed by atoms with E-state index in [9.17, 15) is 18.0 Å². The smallest absolute Gasteiger partial charge is 0.437 e. The van der Waals surface area contributed by atoms with Crippen molar-refractivity contribution in [3.05, 3.63) is 59.7 Å². The van der Waals surface area contributed by atoms with Gasteiger partial charge in [0.05, 0.1) is 12.1 Å². The maximum atomic E-state index is 13.2. The number of nitrogens with one attached hydrogen (secondary N) is 1. The van der Waals surface area contributed by atoms with Crippen molar-refractivity contribution in [3.8, 4) is 11.5 Å². The highest BCUT2D eigenvalue weighted by Crippen LogP contribution is 2.36. The molecule has 0 spiro atoms. The van der Waals surface area contributed by atoms with Gasteiger partial charge in [0.15, 0.2) is 11.4 Å². The summed E-state index contributed by atoms with van der Waals surface area (Å²) in [6.07, 6.45) is -3.37. The highest BCUT2D eigenvalue weighted by molar-refractivity contribution is 5.88. The SMILES string of the molecule is CC[C@H]1COC(=O)N1c1nc(C)nc(NC(C)c2ccc(Oc3cccnc3C(F)(F)F)cc2)n1. The van der Waals surface area contributed by atoms with E-state index in [1.807, 2.05) is 13.8 Å². The van der Waals surface area contributed by atoms with Crippen molar-refractivity contribution in [2.45, 2.75) is 45.5 Å². The number of nitrogens with zero attached hydrogens (tertiary/aromatic N) is 5. The Hall–Kier alpha value is -3.96. The van der Waals surface area contributed by atoms with E-state index in [0.717, 1.165) is 11.8 Å². The Labute approximate surface area is 199 Å². The molecular formula is C23H23F3N6O3. The monoisotopic (exact) mass is 488 g/mol. The molecule has 35 heavy (non-hydrogen) atoms. The Kier molecular flexibility index (Phi) is 6.72. The molecule has 1 aromatic carbocycles. The zero-order chi connectivity index (χ0) is 25.2. The fourth-order valence-electron chi connectivity index (χ4n) is 3.56. The Balaban J connectivity index is 1.48. The predicted octanol–water partition coefficient (Wildman–Crippen LogP) is 5.29. The third kappa shape index (κ3) is 5.42. The summed E-state index contributed by atoms with van der Waals surface area (Å²) < 4.78 is 50.0. The number of halogens is 3. The van der Waals surface area contributed by atoms with Crippen molar-refractivity contribution in [2.75, 3.05) is 16.8 Å². The summed E-state index contributed by atoms with van der Waals surface area (Å²) in [5.74, 6) is 0.774. The van der Waals surface area contributed by atoms with Gasteiger partial charge in [-0.3, -0.25) is 0 Å². The molecule has 1 aliphatic rings. The van der Waals surface area contributed by atoms with Crippen molar-refractivity contribution in [1.82, 2.24) is 19.9 Å². The van der Waals surface area contributed by atoms with Gasteiger partial charge >= 0.3 is 12.3 Å². The van der Waals surface area contributed by atoms with E-state index < -0.39 is 18.0 Å². The number of pyridine rings is 1. The number of anilines is 2. The molecule has 3 heterocycles. The average Bonchev–Trinajstić information content (AvgIpc) is 3.19. The molecule has 0 aliphatic carbocycles. The van der Waals surface area contributed by atoms with Crippen LogP contribution in [0.25, 0.3) is 0 Å². The Morgan fingerprint density at radius 1 is 1.20 bits per heavy atom. The van der Waals surface area contributed by atoms with Gasteiger partial charge in [-0.15, -0.1) is 0 Å². The van der Waals surface area contributed by atoms with E-state index >= 15 is 0 Å². The lowest BCUT2D eigenvalue weighted by molar-refractivity contribution is -0.142. The molecule has 1 saturated heterocycles. The number of aromatic nitrogens is 4. The minimum atomic E-state index is -4.63. The molecule has 1 amide bonds. The van der Waals surface area contributed by atoms with Gasteiger partial charge in [-0.05, 0) is 50.1 Å². The Bertz CT molecular complexity index is 1210. The molecule has 3 aromatic rings. The Morgan fingerprint density at radius 2 is 1.94 bits per heavy atom. The van der Waals surface area contributed by atoms with Crippen molar-refractivity contribution in [1.29, 1.82) is 0 Å². The first-order valence-electron chi connectivity index (χ1n) is 10.9. The van der Waals surface area contributed by atoms with Gasteiger partial charge in [-0.2, -0.15) is 28.1 Å². The average molecular weight is 488 g/mol. The number of hydrogen-bond acceptors (Lipinski definition) is 8. The van der Waals surface area contributed by atoms with Gasteiger partial charge in [0.25, 0.3) is 0 Å². The number of benzene rings is 1. The normalized spacial score (nSPS) is 16.7. The highest BCUT2D eigenvalue weighted by Gasteiger charge is 2.37. The fraction of sp³-hybridized carbons (Fsp3) is 0.348. The quantitative estimate of drug-likeness (QED) is 0.478. The summed E-state index contributed by atoms with van der Waals surface area (Å²) in [5.41, 5.74) is -0.279. The number of aryl methyl sites for hydroxylation is 1. The van der Waals surface area contributed by atoms with Crippen molar-refractivity contribution in [3.63, 3.8) is 0 Å². The molecule has 0 radical (unpaired) electrons. The number of hydrogen-bond donors (Lipinski definition) is 1. The number of cyclic esters (lactones) is 1. The first kappa shape index (κ1) is 24.2. The summed E-state index contributed by atoms with van der Waals surface area (Å²) >= 11 is 0. The molecule has 184 valence electrons. The van der Waals surface area contributed by atoms with E-state index in [1.165, 1.54) is 17.0 Å². The highest BCUT2D eigenvalue weighted by atomic mass is 19.4. The van der Waals surface area contributed by atoms with Gasteiger partial charge in [0, 0.05) is 6.20 Å². The molecule has 12 heteroatoms. The summed E-state index contributed by atoms with van der Waals surface area (Å²) in [4.78, 5) is 29.9. The standard InChI is InChI=1S/C23H23F3N6O3/c1-4-16-12-34-22(33)32(16)21-30-14(3)29-20(31-21)28-13(2)15-7-9-17(10-8-15)35-18-6-5-11-27-19(18)23(24,25)26/h5-11,13,16H,4,12H2,1-3H3,(H,28,29,30,31)/t13?,16-/m0/s1. The third-order valence-corrected chi connectivity index (χ3v) is 5.38. The van der Waals surface area contributed by atoms with Gasteiger partial charge in [0.1, 0.15) is 18.2 Å². The lowest BCUT2D eigenvalue weighted by Crippen LogP contribution is -2.34. The first-order valence-corrected chi connectivity index (χ1v) is 10.9. The van der Waals surface area contributed by atoms with Crippen LogP contribution in [0.2, 0.25) is 0 Å². The lowest BCUT2D eigenvalue weighted by Gasteiger charge is -2.20. The molecule has 9 nitrogen and oxygen atoms in total. The third-order valence-electron chi connectivity index (χ3n) is 5.38. The van der Waals surface area contributed by atoms with Crippen LogP contribution >= 0.6 is 0 Å². The zero-order valence-corrected chi connectivity index (χ0v) is 19.2. The maximum Gasteiger partial charge on any atom is 0.437 e. The van der Waals surface area contributed by atoms with Crippen LogP contribution in [0, 0.1) is 6.92 Å². The van der Waals surface area contributed by atoms with Crippen LogP contribution in [0.15, 0.2) is 42.6 Å². The molecule has 1 fully saturated rings. The summed E-state index contributed by atoms with van der Waals surface area (Å²) in [5, 5.41) is 3.17. The van der Waals surface area contributed by atoms with Crippen LogP contribution in [0.5, 0.6) is 11.5 Å². The van der Waals surface area contributed by atoms with Gasteiger partial charge in [0.2, 0.25) is 11.9 Å². The molecule has 0 saturated carbocycles. The largest absolute Gasteiger partial charge is 0.455 e. The maximum absolute atomic E-state index is 13.2. The van der Waals surface area contributed by atoms with Crippen molar-refractivity contribution in [2.24, 2.45) is 0 Å². The van der Waals surface area contributed by atoms with Crippen LogP contribution in [0.4, 0.5) is 29.9 Å². The number of carbonyl (C=O) groups is 1. The number of amides is 1. The first-order chi connectivity index (χ1) is 16.7. The molecule has 1 N–H and O–H groups in total. The minimum Gasteiger partial charge on any atom is -0.455 e. The van der Waals surface area contributed by atoms with Crippen molar-refractivity contribution >= 4 is 18.0 Å². The zero-order valence-electron chi connectivity index (χ0n) is 19.2. The second-order valence-electron chi connectivity index (χ2n) is 7.90. The van der Waals surface area contributed by atoms with Gasteiger partial charge in [-0.1, -0.05) is 19.1 Å². The van der Waals surface area contributed by atoms with Gasteiger partial charge < -0.3 is 14.8 Å². The molecule has 1 aliphatic heterocycles. The van der Waals surface area contributed by atoms with Crippen LogP contribution in [0.1, 0.15) is 43.4 Å². The predicted molar refractivity (Wildman–Crippen MR) is 120 cm³/mol. The number of ether oxygens (including phenoxy) is 2. The minimum absolute atomic E-state index is 0.153. The molecular weight excluding hydrogens is 465 g/mol. The van der Waals surface area contributed by atoms with E-state index in [2.05, 4.69) is 25.3 Å². The van der Waals surface area contributed by atoms with Crippen molar-refractivity contribution < 1.29 is 27.4 Å². The summed E-state index contributed by atoms with van der Waals surface area (Å²) in [6.45, 7) is 5.79. The lowest BCUT2D eigenvalue weighted by atomic mass is 10.1. The number of rotatable bonds is 7. The van der Waals surface area contributed by atoms with Crippen LogP contribution in [-0.2, 0) is 10.9 Å².